The molecule has 8 heteroatoms. The predicted molar refractivity (Wildman–Crippen MR) is 101 cm³/mol. The second-order valence-corrected chi connectivity index (χ2v) is 6.81. The number of fused-ring (bicyclic) bond motifs is 3. The van der Waals surface area contributed by atoms with Crippen molar-refractivity contribution in [1.29, 1.82) is 0 Å². The summed E-state index contributed by atoms with van der Waals surface area (Å²) in [6, 6.07) is 14.1. The highest BCUT2D eigenvalue weighted by Crippen LogP contribution is 2.26. The quantitative estimate of drug-likeness (QED) is 0.258. The lowest BCUT2D eigenvalue weighted by atomic mass is 10.2. The van der Waals surface area contributed by atoms with Gasteiger partial charge in [0.25, 0.3) is 11.2 Å². The van der Waals surface area contributed by atoms with Crippen LogP contribution in [-0.2, 0) is 12.8 Å². The van der Waals surface area contributed by atoms with Crippen LogP contribution in [-0.4, -0.2) is 19.5 Å². The molecule has 0 bridgehead atoms. The van der Waals surface area contributed by atoms with Crippen molar-refractivity contribution in [3.8, 4) is 0 Å². The Bertz CT molecular complexity index is 1190. The van der Waals surface area contributed by atoms with Crippen LogP contribution in [0.1, 0.15) is 5.56 Å². The molecule has 0 unspecified atom stereocenters. The maximum atomic E-state index is 12.7. The van der Waals surface area contributed by atoms with Crippen LogP contribution in [0.4, 0.5) is 5.69 Å². The maximum absolute atomic E-state index is 12.7. The normalized spacial score (nSPS) is 11.3. The second-order valence-electron chi connectivity index (χ2n) is 5.86. The molecule has 7 nitrogen and oxygen atoms in total. The van der Waals surface area contributed by atoms with Crippen LogP contribution in [0.25, 0.3) is 21.9 Å². The molecule has 4 aromatic rings. The number of aromatic nitrogens is 3. The first kappa shape index (κ1) is 16.3. The van der Waals surface area contributed by atoms with E-state index < -0.39 is 4.92 Å². The van der Waals surface area contributed by atoms with Gasteiger partial charge in [0, 0.05) is 35.8 Å². The lowest BCUT2D eigenvalue weighted by Gasteiger charge is -2.07. The lowest BCUT2D eigenvalue weighted by molar-refractivity contribution is -0.384. The van der Waals surface area contributed by atoms with Gasteiger partial charge in [-0.05, 0) is 11.6 Å². The fourth-order valence-corrected chi connectivity index (χ4v) is 3.73. The number of hydrogen-bond acceptors (Lipinski definition) is 5. The van der Waals surface area contributed by atoms with Crippen LogP contribution in [0.15, 0.2) is 58.5 Å². The lowest BCUT2D eigenvalue weighted by Crippen LogP contribution is -2.19. The van der Waals surface area contributed by atoms with Gasteiger partial charge in [0.1, 0.15) is 11.0 Å². The van der Waals surface area contributed by atoms with E-state index in [0.717, 1.165) is 16.5 Å². The van der Waals surface area contributed by atoms with E-state index in [0.29, 0.717) is 21.9 Å². The molecule has 2 heterocycles. The predicted octanol–water partition coefficient (Wildman–Crippen LogP) is 3.62. The monoisotopic (exact) mass is 366 g/mol. The van der Waals surface area contributed by atoms with E-state index in [1.54, 1.807) is 19.2 Å². The molecule has 130 valence electrons. The summed E-state index contributed by atoms with van der Waals surface area (Å²) in [5.74, 6) is 0.562. The summed E-state index contributed by atoms with van der Waals surface area (Å²) in [6.07, 6.45) is 0. The first-order chi connectivity index (χ1) is 12.5. The van der Waals surface area contributed by atoms with Gasteiger partial charge >= 0.3 is 0 Å². The topological polar surface area (TPSA) is 93.8 Å². The zero-order valence-electron chi connectivity index (χ0n) is 13.8. The third kappa shape index (κ3) is 2.74. The number of nitro benzene ring substituents is 1. The molecule has 4 rings (SSSR count). The molecule has 0 aliphatic carbocycles. The molecule has 0 aliphatic rings. The number of nitrogens with one attached hydrogen (secondary N) is 1. The molecule has 0 aliphatic heterocycles. The number of rotatable bonds is 4. The van der Waals surface area contributed by atoms with Crippen LogP contribution in [0.3, 0.4) is 0 Å². The van der Waals surface area contributed by atoms with Crippen LogP contribution < -0.4 is 5.56 Å². The Labute approximate surface area is 151 Å². The Kier molecular flexibility index (Phi) is 3.96. The first-order valence-electron chi connectivity index (χ1n) is 7.88. The Morgan fingerprint density at radius 1 is 1.19 bits per heavy atom. The van der Waals surface area contributed by atoms with E-state index >= 15 is 0 Å². The summed E-state index contributed by atoms with van der Waals surface area (Å²) in [6.45, 7) is 0. The number of hydrogen-bond donors (Lipinski definition) is 1. The number of thioether (sulfide) groups is 1. The van der Waals surface area contributed by atoms with E-state index in [9.17, 15) is 14.9 Å². The van der Waals surface area contributed by atoms with Crippen molar-refractivity contribution in [3.63, 3.8) is 0 Å². The highest BCUT2D eigenvalue weighted by atomic mass is 32.2. The molecule has 0 spiro atoms. The Hall–Kier alpha value is -3.13. The molecular weight excluding hydrogens is 352 g/mol. The minimum Gasteiger partial charge on any atom is -0.349 e. The van der Waals surface area contributed by atoms with Gasteiger partial charge in [0.2, 0.25) is 0 Å². The van der Waals surface area contributed by atoms with Crippen molar-refractivity contribution in [1.82, 2.24) is 14.5 Å². The highest BCUT2D eigenvalue weighted by Gasteiger charge is 2.14. The summed E-state index contributed by atoms with van der Waals surface area (Å²) in [4.78, 5) is 30.8. The molecular formula is C18H14N4O3S. The fraction of sp³-hybridized carbons (Fsp3) is 0.111. The van der Waals surface area contributed by atoms with Gasteiger partial charge in [-0.1, -0.05) is 42.1 Å². The van der Waals surface area contributed by atoms with E-state index in [-0.39, 0.29) is 11.2 Å². The number of H-pyrrole nitrogens is 1. The van der Waals surface area contributed by atoms with Crippen LogP contribution in [0.5, 0.6) is 0 Å². The Morgan fingerprint density at radius 2 is 1.92 bits per heavy atom. The van der Waals surface area contributed by atoms with E-state index in [4.69, 9.17) is 0 Å². The third-order valence-corrected chi connectivity index (χ3v) is 5.31. The molecule has 2 aromatic carbocycles. The van der Waals surface area contributed by atoms with Crippen LogP contribution in [0.2, 0.25) is 0 Å². The number of benzene rings is 2. The maximum Gasteiger partial charge on any atom is 0.278 e. The molecule has 0 atom stereocenters. The molecule has 2 aromatic heterocycles. The number of nitro groups is 1. The van der Waals surface area contributed by atoms with Crippen molar-refractivity contribution in [2.24, 2.45) is 7.05 Å². The van der Waals surface area contributed by atoms with E-state index in [1.807, 2.05) is 24.3 Å². The highest BCUT2D eigenvalue weighted by molar-refractivity contribution is 7.98. The van der Waals surface area contributed by atoms with Gasteiger partial charge in [-0.3, -0.25) is 19.5 Å². The third-order valence-electron chi connectivity index (χ3n) is 4.21. The standard InChI is InChI=1S/C18H14N4O3S/c1-21-17(23)16-15(13-4-2-3-5-14(13)19-16)20-18(21)26-10-11-6-8-12(9-7-11)22(24)25/h2-9,19H,10H2,1H3. The number of para-hydroxylation sites is 1. The van der Waals surface area contributed by atoms with Gasteiger partial charge in [-0.15, -0.1) is 0 Å². The molecule has 0 saturated carbocycles. The summed E-state index contributed by atoms with van der Waals surface area (Å²) >= 11 is 1.42. The van der Waals surface area contributed by atoms with Gasteiger partial charge < -0.3 is 4.98 Å². The van der Waals surface area contributed by atoms with Crippen LogP contribution >= 0.6 is 11.8 Å². The summed E-state index contributed by atoms with van der Waals surface area (Å²) < 4.78 is 1.52. The number of non-ortho nitro benzene ring substituents is 1. The Morgan fingerprint density at radius 3 is 2.65 bits per heavy atom. The molecule has 26 heavy (non-hydrogen) atoms. The van der Waals surface area contributed by atoms with Gasteiger partial charge in [-0.2, -0.15) is 0 Å². The SMILES string of the molecule is Cn1c(SCc2ccc([N+](=O)[O-])cc2)nc2c([nH]c3ccccc32)c1=O. The zero-order chi connectivity index (χ0) is 18.3. The second kappa shape index (κ2) is 6.30. The van der Waals surface area contributed by atoms with Crippen molar-refractivity contribution in [2.75, 3.05) is 0 Å². The number of aromatic amines is 1. The minimum absolute atomic E-state index is 0.0597. The van der Waals surface area contributed by atoms with Crippen molar-refractivity contribution >= 4 is 39.4 Å². The molecule has 1 N–H and O–H groups in total. The summed E-state index contributed by atoms with van der Waals surface area (Å²) in [7, 11) is 1.69. The molecule has 0 fully saturated rings. The Balaban J connectivity index is 1.70. The molecule has 0 amide bonds. The van der Waals surface area contributed by atoms with Gasteiger partial charge in [0.15, 0.2) is 5.16 Å². The number of nitrogens with zero attached hydrogens (tertiary/aromatic N) is 3. The first-order valence-corrected chi connectivity index (χ1v) is 8.87. The smallest absolute Gasteiger partial charge is 0.278 e. The molecule has 0 saturated heterocycles. The van der Waals surface area contributed by atoms with E-state index in [2.05, 4.69) is 9.97 Å². The van der Waals surface area contributed by atoms with Gasteiger partial charge in [-0.25, -0.2) is 4.98 Å². The zero-order valence-corrected chi connectivity index (χ0v) is 14.6. The largest absolute Gasteiger partial charge is 0.349 e. The minimum atomic E-state index is -0.423. The van der Waals surface area contributed by atoms with E-state index in [1.165, 1.54) is 28.5 Å². The average molecular weight is 366 g/mol. The van der Waals surface area contributed by atoms with Crippen molar-refractivity contribution < 1.29 is 4.92 Å². The summed E-state index contributed by atoms with van der Waals surface area (Å²) in [5.41, 5.74) is 2.89. The molecule has 0 radical (unpaired) electrons. The van der Waals surface area contributed by atoms with Crippen molar-refractivity contribution in [3.05, 3.63) is 74.6 Å². The summed E-state index contributed by atoms with van der Waals surface area (Å²) in [5, 5.41) is 12.2. The average Bonchev–Trinajstić information content (AvgIpc) is 3.02. The van der Waals surface area contributed by atoms with Crippen molar-refractivity contribution in [2.45, 2.75) is 10.9 Å². The van der Waals surface area contributed by atoms with Crippen LogP contribution in [0, 0.1) is 10.1 Å². The fourth-order valence-electron chi connectivity index (χ4n) is 2.81. The van der Waals surface area contributed by atoms with Gasteiger partial charge in [0.05, 0.1) is 4.92 Å².